The predicted molar refractivity (Wildman–Crippen MR) is 82.3 cm³/mol. The first-order valence-electron chi connectivity index (χ1n) is 6.65. The zero-order chi connectivity index (χ0) is 14.0. The number of carbonyl (C=O) groups is 1. The third-order valence-electron chi connectivity index (χ3n) is 3.83. The van der Waals surface area contributed by atoms with E-state index in [1.54, 1.807) is 13.8 Å². The summed E-state index contributed by atoms with van der Waals surface area (Å²) in [7, 11) is 0. The number of carbonyl (C=O) groups excluding carboxylic acids is 1. The lowest BCUT2D eigenvalue weighted by Crippen LogP contribution is -2.41. The highest BCUT2D eigenvalue weighted by molar-refractivity contribution is 7.80. The number of fused-ring (bicyclic) bond motifs is 1. The van der Waals surface area contributed by atoms with Crippen LogP contribution in [-0.2, 0) is 17.6 Å². The summed E-state index contributed by atoms with van der Waals surface area (Å²) in [5, 5.41) is 2.99. The van der Waals surface area contributed by atoms with E-state index in [9.17, 15) is 4.79 Å². The van der Waals surface area contributed by atoms with Gasteiger partial charge in [0.2, 0.25) is 5.91 Å². The molecule has 0 aliphatic heterocycles. The maximum absolute atomic E-state index is 12.3. The summed E-state index contributed by atoms with van der Waals surface area (Å²) in [6.07, 6.45) is 4.53. The van der Waals surface area contributed by atoms with Gasteiger partial charge in [0.15, 0.2) is 0 Å². The lowest BCUT2D eigenvalue weighted by molar-refractivity contribution is -0.121. The maximum atomic E-state index is 12.3. The van der Waals surface area contributed by atoms with Crippen molar-refractivity contribution in [3.8, 4) is 0 Å². The molecule has 0 bridgehead atoms. The van der Waals surface area contributed by atoms with Crippen LogP contribution in [0.2, 0.25) is 0 Å². The minimum Gasteiger partial charge on any atom is -0.392 e. The van der Waals surface area contributed by atoms with Gasteiger partial charge >= 0.3 is 0 Å². The number of nitrogens with two attached hydrogens (primary N) is 1. The fraction of sp³-hybridized carbons (Fsp3) is 0.467. The van der Waals surface area contributed by atoms with E-state index in [1.165, 1.54) is 24.0 Å². The molecule has 1 aliphatic rings. The van der Waals surface area contributed by atoms with Crippen LogP contribution in [0, 0.1) is 5.41 Å². The van der Waals surface area contributed by atoms with Crippen LogP contribution in [0.1, 0.15) is 37.8 Å². The average Bonchev–Trinajstić information content (AvgIpc) is 2.39. The number of nitrogens with one attached hydrogen (secondary N) is 1. The minimum absolute atomic E-state index is 0.140. The molecule has 0 radical (unpaired) electrons. The highest BCUT2D eigenvalue weighted by Gasteiger charge is 2.31. The van der Waals surface area contributed by atoms with Crippen molar-refractivity contribution in [1.82, 2.24) is 0 Å². The molecule has 102 valence electrons. The van der Waals surface area contributed by atoms with Crippen LogP contribution in [0.3, 0.4) is 0 Å². The van der Waals surface area contributed by atoms with Crippen LogP contribution in [-0.4, -0.2) is 10.9 Å². The number of benzene rings is 1. The van der Waals surface area contributed by atoms with Crippen molar-refractivity contribution in [2.75, 3.05) is 5.32 Å². The molecule has 0 fully saturated rings. The summed E-state index contributed by atoms with van der Waals surface area (Å²) < 4.78 is 0. The minimum atomic E-state index is -0.827. The van der Waals surface area contributed by atoms with Crippen LogP contribution < -0.4 is 11.1 Å². The number of anilines is 1. The van der Waals surface area contributed by atoms with E-state index in [4.69, 9.17) is 18.0 Å². The summed E-state index contributed by atoms with van der Waals surface area (Å²) >= 11 is 4.96. The molecule has 0 atom stereocenters. The van der Waals surface area contributed by atoms with E-state index in [0.717, 1.165) is 18.5 Å². The standard InChI is InChI=1S/C15H20N2OS/c1-15(2,13(16)19)14(18)17-12-9-5-7-10-6-3-4-8-11(10)12/h5,7,9H,3-4,6,8H2,1-2H3,(H2,16,19)(H,17,18). The Labute approximate surface area is 119 Å². The first-order chi connectivity index (χ1) is 8.93. The van der Waals surface area contributed by atoms with Gasteiger partial charge in [-0.1, -0.05) is 24.4 Å². The van der Waals surface area contributed by atoms with E-state index in [2.05, 4.69) is 11.4 Å². The average molecular weight is 276 g/mol. The van der Waals surface area contributed by atoms with Crippen molar-refractivity contribution in [1.29, 1.82) is 0 Å². The van der Waals surface area contributed by atoms with E-state index < -0.39 is 5.41 Å². The highest BCUT2D eigenvalue weighted by atomic mass is 32.1. The smallest absolute Gasteiger partial charge is 0.236 e. The van der Waals surface area contributed by atoms with E-state index in [-0.39, 0.29) is 10.9 Å². The second-order valence-corrected chi connectivity index (χ2v) is 6.03. The van der Waals surface area contributed by atoms with Crippen molar-refractivity contribution in [3.63, 3.8) is 0 Å². The molecule has 3 nitrogen and oxygen atoms in total. The second-order valence-electron chi connectivity index (χ2n) is 5.59. The molecule has 2 rings (SSSR count). The Morgan fingerprint density at radius 3 is 2.68 bits per heavy atom. The largest absolute Gasteiger partial charge is 0.392 e. The van der Waals surface area contributed by atoms with Gasteiger partial charge in [0.25, 0.3) is 0 Å². The quantitative estimate of drug-likeness (QED) is 0.835. The summed E-state index contributed by atoms with van der Waals surface area (Å²) in [5.41, 5.74) is 8.32. The lowest BCUT2D eigenvalue weighted by Gasteiger charge is -2.25. The molecule has 1 aromatic carbocycles. The van der Waals surface area contributed by atoms with Gasteiger partial charge in [0.1, 0.15) is 0 Å². The normalized spacial score (nSPS) is 14.6. The fourth-order valence-electron chi connectivity index (χ4n) is 2.29. The summed E-state index contributed by atoms with van der Waals surface area (Å²) in [6, 6.07) is 6.09. The Morgan fingerprint density at radius 1 is 1.32 bits per heavy atom. The van der Waals surface area contributed by atoms with Crippen molar-refractivity contribution in [2.45, 2.75) is 39.5 Å². The molecular weight excluding hydrogens is 256 g/mol. The molecule has 3 N–H and O–H groups in total. The monoisotopic (exact) mass is 276 g/mol. The molecule has 0 heterocycles. The fourth-order valence-corrected chi connectivity index (χ4v) is 2.38. The lowest BCUT2D eigenvalue weighted by atomic mass is 9.89. The van der Waals surface area contributed by atoms with Crippen molar-refractivity contribution in [3.05, 3.63) is 29.3 Å². The maximum Gasteiger partial charge on any atom is 0.236 e. The van der Waals surface area contributed by atoms with Crippen molar-refractivity contribution in [2.24, 2.45) is 11.1 Å². The van der Waals surface area contributed by atoms with Crippen LogP contribution in [0.15, 0.2) is 18.2 Å². The van der Waals surface area contributed by atoms with Crippen LogP contribution >= 0.6 is 12.2 Å². The van der Waals surface area contributed by atoms with Gasteiger partial charge in [-0.2, -0.15) is 0 Å². The van der Waals surface area contributed by atoms with Crippen LogP contribution in [0.5, 0.6) is 0 Å². The number of hydrogen-bond donors (Lipinski definition) is 2. The van der Waals surface area contributed by atoms with E-state index in [1.807, 2.05) is 12.1 Å². The van der Waals surface area contributed by atoms with Gasteiger partial charge in [0.05, 0.1) is 10.4 Å². The second kappa shape index (κ2) is 5.29. The SMILES string of the molecule is CC(C)(C(=O)Nc1cccc2c1CCCC2)C(N)=S. The Kier molecular flexibility index (Phi) is 3.90. The zero-order valence-corrected chi connectivity index (χ0v) is 12.3. The molecule has 0 spiro atoms. The Balaban J connectivity index is 2.25. The first-order valence-corrected chi connectivity index (χ1v) is 7.06. The number of amides is 1. The molecule has 0 aromatic heterocycles. The topological polar surface area (TPSA) is 55.1 Å². The number of hydrogen-bond acceptors (Lipinski definition) is 2. The Morgan fingerprint density at radius 2 is 2.00 bits per heavy atom. The summed E-state index contributed by atoms with van der Waals surface area (Å²) in [4.78, 5) is 12.5. The third-order valence-corrected chi connectivity index (χ3v) is 4.34. The molecule has 4 heteroatoms. The van der Waals surface area contributed by atoms with E-state index >= 15 is 0 Å². The first kappa shape index (κ1) is 14.0. The van der Waals surface area contributed by atoms with Gasteiger partial charge in [-0.05, 0) is 56.7 Å². The van der Waals surface area contributed by atoms with Crippen LogP contribution in [0.25, 0.3) is 0 Å². The number of thiocarbonyl (C=S) groups is 1. The number of rotatable bonds is 3. The van der Waals surface area contributed by atoms with Gasteiger partial charge in [0, 0.05) is 5.69 Å². The van der Waals surface area contributed by atoms with Crippen molar-refractivity contribution >= 4 is 28.8 Å². The van der Waals surface area contributed by atoms with Gasteiger partial charge in [-0.25, -0.2) is 0 Å². The Bertz CT molecular complexity index is 523. The molecule has 1 aromatic rings. The predicted octanol–water partition coefficient (Wildman–Crippen LogP) is 2.82. The molecule has 0 saturated heterocycles. The summed E-state index contributed by atoms with van der Waals surface area (Å²) in [6.45, 7) is 3.50. The van der Waals surface area contributed by atoms with Crippen LogP contribution in [0.4, 0.5) is 5.69 Å². The van der Waals surface area contributed by atoms with Gasteiger partial charge < -0.3 is 11.1 Å². The molecule has 0 saturated carbocycles. The number of aryl methyl sites for hydroxylation is 1. The molecule has 1 amide bonds. The van der Waals surface area contributed by atoms with Gasteiger partial charge in [-0.15, -0.1) is 0 Å². The molecular formula is C15H20N2OS. The summed E-state index contributed by atoms with van der Waals surface area (Å²) in [5.74, 6) is -0.140. The van der Waals surface area contributed by atoms with Crippen molar-refractivity contribution < 1.29 is 4.79 Å². The Hall–Kier alpha value is -1.42. The van der Waals surface area contributed by atoms with Gasteiger partial charge in [-0.3, -0.25) is 4.79 Å². The third kappa shape index (κ3) is 2.78. The highest BCUT2D eigenvalue weighted by Crippen LogP contribution is 2.29. The van der Waals surface area contributed by atoms with E-state index in [0.29, 0.717) is 0 Å². The zero-order valence-electron chi connectivity index (χ0n) is 11.5. The molecule has 1 aliphatic carbocycles. The molecule has 19 heavy (non-hydrogen) atoms. The molecule has 0 unspecified atom stereocenters.